The Bertz CT molecular complexity index is 1330. The van der Waals surface area contributed by atoms with Crippen LogP contribution in [0.2, 0.25) is 0 Å². The van der Waals surface area contributed by atoms with Crippen molar-refractivity contribution < 1.29 is 9.18 Å². The number of halogens is 1. The van der Waals surface area contributed by atoms with Crippen LogP contribution in [0.3, 0.4) is 0 Å². The molecule has 0 spiro atoms. The molecule has 4 aromatic rings. The summed E-state index contributed by atoms with van der Waals surface area (Å²) in [6.45, 7) is 4.75. The highest BCUT2D eigenvalue weighted by molar-refractivity contribution is 5.94. The van der Waals surface area contributed by atoms with Crippen LogP contribution >= 0.6 is 0 Å². The van der Waals surface area contributed by atoms with Gasteiger partial charge in [0.2, 0.25) is 0 Å². The second kappa shape index (κ2) is 8.61. The number of benzene rings is 2. The predicted octanol–water partition coefficient (Wildman–Crippen LogP) is 4.29. The van der Waals surface area contributed by atoms with Gasteiger partial charge in [0.05, 0.1) is 22.3 Å². The van der Waals surface area contributed by atoms with E-state index in [1.165, 1.54) is 17.7 Å². The molecule has 2 aromatic heterocycles. The number of hydrogen-bond donors (Lipinski definition) is 2. The van der Waals surface area contributed by atoms with E-state index in [4.69, 9.17) is 15.1 Å². The van der Waals surface area contributed by atoms with E-state index in [9.17, 15) is 9.18 Å². The minimum atomic E-state index is -0.534. The summed E-state index contributed by atoms with van der Waals surface area (Å²) >= 11 is 0. The molecular weight excluding hydrogens is 419 g/mol. The van der Waals surface area contributed by atoms with E-state index in [0.29, 0.717) is 24.8 Å². The molecule has 0 bridgehead atoms. The Labute approximate surface area is 191 Å². The molecule has 0 saturated heterocycles. The molecule has 168 valence electrons. The number of fused-ring (bicyclic) bond motifs is 1. The van der Waals surface area contributed by atoms with Crippen molar-refractivity contribution in [1.29, 1.82) is 0 Å². The van der Waals surface area contributed by atoms with Gasteiger partial charge >= 0.3 is 0 Å². The van der Waals surface area contributed by atoms with Gasteiger partial charge in [-0.1, -0.05) is 29.8 Å². The van der Waals surface area contributed by atoms with Gasteiger partial charge in [-0.3, -0.25) is 4.79 Å². The van der Waals surface area contributed by atoms with Crippen molar-refractivity contribution in [3.05, 3.63) is 77.0 Å². The summed E-state index contributed by atoms with van der Waals surface area (Å²) in [5, 5.41) is 11.7. The van der Waals surface area contributed by atoms with Crippen molar-refractivity contribution in [2.24, 2.45) is 0 Å². The van der Waals surface area contributed by atoms with Crippen molar-refractivity contribution in [2.45, 2.75) is 32.6 Å². The second-order valence-corrected chi connectivity index (χ2v) is 8.40. The van der Waals surface area contributed by atoms with E-state index in [0.717, 1.165) is 41.1 Å². The summed E-state index contributed by atoms with van der Waals surface area (Å²) in [6, 6.07) is 14.1. The first-order valence-corrected chi connectivity index (χ1v) is 11.1. The van der Waals surface area contributed by atoms with Crippen LogP contribution in [0, 0.1) is 19.7 Å². The fourth-order valence-corrected chi connectivity index (χ4v) is 3.82. The molecule has 1 aliphatic carbocycles. The Kier molecular flexibility index (Phi) is 5.50. The molecule has 0 radical (unpaired) electrons. The number of nitrogens with one attached hydrogen (secondary N) is 2. The van der Waals surface area contributed by atoms with Gasteiger partial charge in [0.25, 0.3) is 5.91 Å². The average Bonchev–Trinajstić information content (AvgIpc) is 3.61. The SMILES string of the molecule is Cc1ccc(-n2nc(C)c3c(NCCNC(=O)c4ccccc4F)nc(C4CC4)nc32)cc1. The van der Waals surface area contributed by atoms with Crippen LogP contribution in [0.4, 0.5) is 10.2 Å². The molecule has 7 nitrogen and oxygen atoms in total. The average molecular weight is 445 g/mol. The summed E-state index contributed by atoms with van der Waals surface area (Å²) in [4.78, 5) is 21.9. The summed E-state index contributed by atoms with van der Waals surface area (Å²) in [5.74, 6) is 0.919. The quantitative estimate of drug-likeness (QED) is 0.416. The van der Waals surface area contributed by atoms with Gasteiger partial charge in [-0.05, 0) is 51.0 Å². The monoisotopic (exact) mass is 444 g/mol. The molecule has 0 unspecified atom stereocenters. The topological polar surface area (TPSA) is 84.7 Å². The molecule has 0 aliphatic heterocycles. The maximum absolute atomic E-state index is 13.8. The standard InChI is InChI=1S/C25H25FN6O/c1-15-7-11-18(12-8-15)32-24-21(16(2)31-32)23(29-22(30-24)17-9-10-17)27-13-14-28-25(33)19-5-3-4-6-20(19)26/h3-8,11-12,17H,9-10,13-14H2,1-2H3,(H,28,33)(H,27,29,30). The number of amides is 1. The van der Waals surface area contributed by atoms with Gasteiger partial charge in [0.1, 0.15) is 17.5 Å². The number of anilines is 1. The summed E-state index contributed by atoms with van der Waals surface area (Å²) in [5.41, 5.74) is 3.76. The van der Waals surface area contributed by atoms with Gasteiger partial charge in [-0.2, -0.15) is 5.10 Å². The molecule has 1 fully saturated rings. The van der Waals surface area contributed by atoms with Crippen molar-refractivity contribution in [3.8, 4) is 5.69 Å². The van der Waals surface area contributed by atoms with Crippen molar-refractivity contribution in [2.75, 3.05) is 18.4 Å². The lowest BCUT2D eigenvalue weighted by Crippen LogP contribution is -2.29. The third-order valence-corrected chi connectivity index (χ3v) is 5.76. The zero-order valence-electron chi connectivity index (χ0n) is 18.6. The molecule has 2 aromatic carbocycles. The lowest BCUT2D eigenvalue weighted by molar-refractivity contribution is 0.0951. The maximum Gasteiger partial charge on any atom is 0.254 e. The Balaban J connectivity index is 1.39. The van der Waals surface area contributed by atoms with Crippen LogP contribution in [-0.2, 0) is 0 Å². The van der Waals surface area contributed by atoms with E-state index in [2.05, 4.69) is 29.7 Å². The minimum absolute atomic E-state index is 0.0353. The van der Waals surface area contributed by atoms with Crippen LogP contribution in [0.5, 0.6) is 0 Å². The summed E-state index contributed by atoms with van der Waals surface area (Å²) in [6.07, 6.45) is 2.17. The predicted molar refractivity (Wildman–Crippen MR) is 125 cm³/mol. The minimum Gasteiger partial charge on any atom is -0.368 e. The maximum atomic E-state index is 13.8. The van der Waals surface area contributed by atoms with E-state index >= 15 is 0 Å². The smallest absolute Gasteiger partial charge is 0.254 e. The number of nitrogens with zero attached hydrogens (tertiary/aromatic N) is 4. The first kappa shape index (κ1) is 21.1. The highest BCUT2D eigenvalue weighted by Crippen LogP contribution is 2.40. The summed E-state index contributed by atoms with van der Waals surface area (Å²) < 4.78 is 15.7. The Morgan fingerprint density at radius 1 is 1.06 bits per heavy atom. The molecule has 1 aliphatic rings. The lowest BCUT2D eigenvalue weighted by atomic mass is 10.2. The molecule has 1 saturated carbocycles. The van der Waals surface area contributed by atoms with Gasteiger partial charge in [-0.15, -0.1) is 0 Å². The van der Waals surface area contributed by atoms with E-state index in [1.54, 1.807) is 12.1 Å². The fraction of sp³-hybridized carbons (Fsp3) is 0.280. The van der Waals surface area contributed by atoms with Gasteiger partial charge in [0, 0.05) is 19.0 Å². The highest BCUT2D eigenvalue weighted by atomic mass is 19.1. The van der Waals surface area contributed by atoms with Crippen LogP contribution in [0.1, 0.15) is 46.2 Å². The van der Waals surface area contributed by atoms with Gasteiger partial charge in [0.15, 0.2) is 5.65 Å². The first-order chi connectivity index (χ1) is 16.0. The Hall–Kier alpha value is -3.81. The van der Waals surface area contributed by atoms with Gasteiger partial charge < -0.3 is 10.6 Å². The van der Waals surface area contributed by atoms with Crippen LogP contribution < -0.4 is 10.6 Å². The molecular formula is C25H25FN6O. The first-order valence-electron chi connectivity index (χ1n) is 11.1. The van der Waals surface area contributed by atoms with E-state index < -0.39 is 11.7 Å². The molecule has 5 rings (SSSR count). The number of hydrogen-bond acceptors (Lipinski definition) is 5. The third kappa shape index (κ3) is 4.28. The largest absolute Gasteiger partial charge is 0.368 e. The van der Waals surface area contributed by atoms with E-state index in [1.807, 2.05) is 23.7 Å². The van der Waals surface area contributed by atoms with Crippen molar-refractivity contribution in [3.63, 3.8) is 0 Å². The zero-order valence-corrected chi connectivity index (χ0v) is 18.6. The van der Waals surface area contributed by atoms with Crippen LogP contribution in [-0.4, -0.2) is 38.7 Å². The molecule has 0 atom stereocenters. The number of aryl methyl sites for hydroxylation is 2. The number of carbonyl (C=O) groups is 1. The van der Waals surface area contributed by atoms with Gasteiger partial charge in [-0.25, -0.2) is 19.0 Å². The lowest BCUT2D eigenvalue weighted by Gasteiger charge is -2.11. The molecule has 8 heteroatoms. The fourth-order valence-electron chi connectivity index (χ4n) is 3.82. The molecule has 2 heterocycles. The van der Waals surface area contributed by atoms with Crippen molar-refractivity contribution >= 4 is 22.8 Å². The van der Waals surface area contributed by atoms with Crippen LogP contribution in [0.15, 0.2) is 48.5 Å². The zero-order chi connectivity index (χ0) is 22.9. The molecule has 33 heavy (non-hydrogen) atoms. The molecule has 2 N–H and O–H groups in total. The van der Waals surface area contributed by atoms with Crippen LogP contribution in [0.25, 0.3) is 16.7 Å². The highest BCUT2D eigenvalue weighted by Gasteiger charge is 2.29. The Morgan fingerprint density at radius 3 is 2.55 bits per heavy atom. The normalized spacial score (nSPS) is 13.3. The third-order valence-electron chi connectivity index (χ3n) is 5.76. The number of rotatable bonds is 7. The summed E-state index contributed by atoms with van der Waals surface area (Å²) in [7, 11) is 0. The number of carbonyl (C=O) groups excluding carboxylic acids is 1. The van der Waals surface area contributed by atoms with E-state index in [-0.39, 0.29) is 5.56 Å². The number of aromatic nitrogens is 4. The second-order valence-electron chi connectivity index (χ2n) is 8.40. The molecule has 1 amide bonds. The Morgan fingerprint density at radius 2 is 1.82 bits per heavy atom. The van der Waals surface area contributed by atoms with Crippen molar-refractivity contribution in [1.82, 2.24) is 25.1 Å².